The fourth-order valence-electron chi connectivity index (χ4n) is 1.55. The van der Waals surface area contributed by atoms with Crippen LogP contribution in [-0.4, -0.2) is 28.0 Å². The zero-order chi connectivity index (χ0) is 17.0. The molecule has 2 aromatic heterocycles. The molecule has 0 aromatic carbocycles. The maximum Gasteiger partial charge on any atom is 0.422 e. The van der Waals surface area contributed by atoms with Gasteiger partial charge < -0.3 is 10.1 Å². The summed E-state index contributed by atoms with van der Waals surface area (Å²) in [5.41, 5.74) is 1.15. The molecule has 0 fully saturated rings. The van der Waals surface area contributed by atoms with Gasteiger partial charge in [0, 0.05) is 12.3 Å². The van der Waals surface area contributed by atoms with Crippen LogP contribution in [0.1, 0.15) is 11.3 Å². The Morgan fingerprint density at radius 3 is 2.70 bits per heavy atom. The predicted molar refractivity (Wildman–Crippen MR) is 80.0 cm³/mol. The van der Waals surface area contributed by atoms with Gasteiger partial charge >= 0.3 is 6.18 Å². The van der Waals surface area contributed by atoms with Gasteiger partial charge in [0.1, 0.15) is 5.00 Å². The van der Waals surface area contributed by atoms with E-state index in [2.05, 4.69) is 19.4 Å². The molecular weight excluding hydrogens is 355 g/mol. The smallest absolute Gasteiger partial charge is 0.422 e. The first-order chi connectivity index (χ1) is 10.7. The average molecular weight is 366 g/mol. The Kier molecular flexibility index (Phi) is 5.42. The van der Waals surface area contributed by atoms with Crippen molar-refractivity contribution >= 4 is 34.0 Å². The number of anilines is 1. The second kappa shape index (κ2) is 7.14. The van der Waals surface area contributed by atoms with Crippen molar-refractivity contribution in [3.8, 4) is 5.88 Å². The van der Waals surface area contributed by atoms with E-state index in [1.54, 1.807) is 6.92 Å². The van der Waals surface area contributed by atoms with Gasteiger partial charge in [-0.2, -0.15) is 17.5 Å². The molecule has 0 aliphatic rings. The number of rotatable bonds is 5. The highest BCUT2D eigenvalue weighted by atomic mass is 35.5. The molecule has 0 aliphatic carbocycles. The molecule has 0 bridgehead atoms. The zero-order valence-corrected chi connectivity index (χ0v) is 13.3. The van der Waals surface area contributed by atoms with Gasteiger partial charge in [0.05, 0.1) is 17.1 Å². The minimum Gasteiger partial charge on any atom is -0.468 e. The van der Waals surface area contributed by atoms with Crippen LogP contribution < -0.4 is 10.1 Å². The monoisotopic (exact) mass is 365 g/mol. The third-order valence-corrected chi connectivity index (χ3v) is 4.02. The lowest BCUT2D eigenvalue weighted by atomic mass is 10.2. The molecule has 23 heavy (non-hydrogen) atoms. The number of aryl methyl sites for hydroxylation is 1. The molecule has 2 rings (SSSR count). The molecule has 0 aliphatic heterocycles. The van der Waals surface area contributed by atoms with Gasteiger partial charge in [-0.25, -0.2) is 4.98 Å². The van der Waals surface area contributed by atoms with Crippen molar-refractivity contribution in [1.82, 2.24) is 9.36 Å². The summed E-state index contributed by atoms with van der Waals surface area (Å²) < 4.78 is 44.5. The van der Waals surface area contributed by atoms with Crippen LogP contribution in [0.2, 0.25) is 5.02 Å². The van der Waals surface area contributed by atoms with E-state index in [-0.39, 0.29) is 18.2 Å². The molecule has 0 saturated carbocycles. The molecule has 1 amide bonds. The van der Waals surface area contributed by atoms with Gasteiger partial charge in [0.25, 0.3) is 0 Å². The Bertz CT molecular complexity index is 689. The van der Waals surface area contributed by atoms with Crippen molar-refractivity contribution < 1.29 is 22.7 Å². The quantitative estimate of drug-likeness (QED) is 0.879. The standard InChI is InChI=1S/C13H11ClF3N3O2S/c1-7-11(14)12(23-20-7)19-9(21)4-8-2-3-10(18-5-8)22-6-13(15,16)17/h2-3,5H,4,6H2,1H3,(H,19,21). The number of carbonyl (C=O) groups is 1. The molecule has 0 atom stereocenters. The lowest BCUT2D eigenvalue weighted by molar-refractivity contribution is -0.154. The van der Waals surface area contributed by atoms with Crippen LogP contribution in [0.15, 0.2) is 18.3 Å². The lowest BCUT2D eigenvalue weighted by Gasteiger charge is -2.08. The van der Waals surface area contributed by atoms with E-state index < -0.39 is 12.8 Å². The zero-order valence-electron chi connectivity index (χ0n) is 11.8. The van der Waals surface area contributed by atoms with Gasteiger partial charge in [-0.15, -0.1) is 0 Å². The number of hydrogen-bond acceptors (Lipinski definition) is 5. The lowest BCUT2D eigenvalue weighted by Crippen LogP contribution is -2.19. The molecule has 1 N–H and O–H groups in total. The van der Waals surface area contributed by atoms with E-state index >= 15 is 0 Å². The van der Waals surface area contributed by atoms with Crippen LogP contribution in [0.5, 0.6) is 5.88 Å². The number of pyridine rings is 1. The third kappa shape index (κ3) is 5.36. The average Bonchev–Trinajstić information content (AvgIpc) is 2.78. The summed E-state index contributed by atoms with van der Waals surface area (Å²) in [6, 6.07) is 2.75. The molecule has 5 nitrogen and oxygen atoms in total. The topological polar surface area (TPSA) is 64.1 Å². The summed E-state index contributed by atoms with van der Waals surface area (Å²) in [4.78, 5) is 15.6. The second-order valence-electron chi connectivity index (χ2n) is 4.54. The van der Waals surface area contributed by atoms with Crippen molar-refractivity contribution in [2.45, 2.75) is 19.5 Å². The summed E-state index contributed by atoms with van der Waals surface area (Å²) in [5.74, 6) is -0.492. The minimum absolute atomic E-state index is 0.000171. The molecule has 2 aromatic rings. The summed E-state index contributed by atoms with van der Waals surface area (Å²) in [6.07, 6.45) is -3.14. The largest absolute Gasteiger partial charge is 0.468 e. The number of alkyl halides is 3. The van der Waals surface area contributed by atoms with Crippen LogP contribution in [-0.2, 0) is 11.2 Å². The molecule has 0 unspecified atom stereocenters. The number of amides is 1. The SMILES string of the molecule is Cc1nsc(NC(=O)Cc2ccc(OCC(F)(F)F)nc2)c1Cl. The Labute approximate surface area is 138 Å². The van der Waals surface area contributed by atoms with Crippen LogP contribution >= 0.6 is 23.1 Å². The summed E-state index contributed by atoms with van der Waals surface area (Å²) in [6.45, 7) is 0.307. The normalized spacial score (nSPS) is 11.3. The van der Waals surface area contributed by atoms with Crippen molar-refractivity contribution in [1.29, 1.82) is 0 Å². The molecular formula is C13H11ClF3N3O2S. The van der Waals surface area contributed by atoms with Gasteiger partial charge in [-0.1, -0.05) is 17.7 Å². The number of aromatic nitrogens is 2. The van der Waals surface area contributed by atoms with E-state index in [4.69, 9.17) is 11.6 Å². The van der Waals surface area contributed by atoms with Gasteiger partial charge in [-0.05, 0) is 24.0 Å². The summed E-state index contributed by atoms with van der Waals surface area (Å²) in [7, 11) is 0. The molecule has 0 spiro atoms. The first-order valence-electron chi connectivity index (χ1n) is 6.30. The van der Waals surface area contributed by atoms with Gasteiger partial charge in [0.15, 0.2) is 6.61 Å². The van der Waals surface area contributed by atoms with E-state index in [0.717, 1.165) is 11.5 Å². The fraction of sp³-hybridized carbons (Fsp3) is 0.308. The maximum atomic E-state index is 12.0. The molecule has 124 valence electrons. The maximum absolute atomic E-state index is 12.0. The van der Waals surface area contributed by atoms with Crippen molar-refractivity contribution in [2.75, 3.05) is 11.9 Å². The molecule has 10 heteroatoms. The van der Waals surface area contributed by atoms with E-state index in [1.165, 1.54) is 18.3 Å². The van der Waals surface area contributed by atoms with Crippen LogP contribution in [0.4, 0.5) is 18.2 Å². The van der Waals surface area contributed by atoms with E-state index in [0.29, 0.717) is 21.3 Å². The number of ether oxygens (including phenoxy) is 1. The van der Waals surface area contributed by atoms with E-state index in [9.17, 15) is 18.0 Å². The Morgan fingerprint density at radius 1 is 1.43 bits per heavy atom. The van der Waals surface area contributed by atoms with Crippen LogP contribution in [0, 0.1) is 6.92 Å². The Balaban J connectivity index is 1.90. The van der Waals surface area contributed by atoms with Crippen LogP contribution in [0.25, 0.3) is 0 Å². The highest BCUT2D eigenvalue weighted by molar-refractivity contribution is 7.11. The third-order valence-electron chi connectivity index (χ3n) is 2.59. The Hall–Kier alpha value is -1.87. The molecule has 0 radical (unpaired) electrons. The van der Waals surface area contributed by atoms with Crippen molar-refractivity contribution in [2.24, 2.45) is 0 Å². The molecule has 2 heterocycles. The van der Waals surface area contributed by atoms with Crippen molar-refractivity contribution in [3.63, 3.8) is 0 Å². The minimum atomic E-state index is -4.42. The van der Waals surface area contributed by atoms with Gasteiger partial charge in [-0.3, -0.25) is 4.79 Å². The number of carbonyl (C=O) groups excluding carboxylic acids is 1. The predicted octanol–water partition coefficient (Wildman–Crippen LogP) is 3.62. The second-order valence-corrected chi connectivity index (χ2v) is 5.70. The number of nitrogens with one attached hydrogen (secondary N) is 1. The molecule has 0 saturated heterocycles. The number of nitrogens with zero attached hydrogens (tertiary/aromatic N) is 2. The van der Waals surface area contributed by atoms with Gasteiger partial charge in [0.2, 0.25) is 11.8 Å². The number of hydrogen-bond donors (Lipinski definition) is 1. The van der Waals surface area contributed by atoms with Crippen LogP contribution in [0.3, 0.4) is 0 Å². The Morgan fingerprint density at radius 2 is 2.17 bits per heavy atom. The first kappa shape index (κ1) is 17.5. The summed E-state index contributed by atoms with van der Waals surface area (Å²) >= 11 is 7.03. The number of halogens is 4. The van der Waals surface area contributed by atoms with E-state index in [1.807, 2.05) is 0 Å². The highest BCUT2D eigenvalue weighted by Gasteiger charge is 2.28. The first-order valence-corrected chi connectivity index (χ1v) is 7.46. The highest BCUT2D eigenvalue weighted by Crippen LogP contribution is 2.29. The summed E-state index contributed by atoms with van der Waals surface area (Å²) in [5, 5.41) is 3.45. The fourth-order valence-corrected chi connectivity index (χ4v) is 2.50. The van der Waals surface area contributed by atoms with Crippen molar-refractivity contribution in [3.05, 3.63) is 34.6 Å².